The Morgan fingerprint density at radius 3 is 2.59 bits per heavy atom. The van der Waals surface area contributed by atoms with Gasteiger partial charge in [-0.2, -0.15) is 9.61 Å². The lowest BCUT2D eigenvalue weighted by molar-refractivity contribution is -0.132. The van der Waals surface area contributed by atoms with Crippen LogP contribution in [-0.4, -0.2) is 72.7 Å². The highest BCUT2D eigenvalue weighted by molar-refractivity contribution is 5.81. The number of hydrogen-bond acceptors (Lipinski definition) is 7. The van der Waals surface area contributed by atoms with Crippen molar-refractivity contribution in [2.75, 3.05) is 31.1 Å². The van der Waals surface area contributed by atoms with E-state index in [-0.39, 0.29) is 23.4 Å². The van der Waals surface area contributed by atoms with Crippen molar-refractivity contribution in [1.82, 2.24) is 29.5 Å². The number of anilines is 1. The minimum atomic E-state index is -0.484. The molecule has 1 aliphatic heterocycles. The van der Waals surface area contributed by atoms with Crippen molar-refractivity contribution in [3.05, 3.63) is 39.1 Å². The lowest BCUT2D eigenvalue weighted by Gasteiger charge is -2.35. The van der Waals surface area contributed by atoms with Crippen molar-refractivity contribution in [2.24, 2.45) is 10.9 Å². The Labute approximate surface area is 182 Å². The number of aromatic hydroxyl groups is 1. The Hall–Kier alpha value is -3.63. The highest BCUT2D eigenvalue weighted by Crippen LogP contribution is 2.31. The third-order valence-electron chi connectivity index (χ3n) is 6.21. The third-order valence-corrected chi connectivity index (χ3v) is 6.21. The molecule has 1 amide bonds. The first-order valence-electron chi connectivity index (χ1n) is 11.0. The molecule has 11 heteroatoms. The van der Waals surface area contributed by atoms with Gasteiger partial charge in [-0.3, -0.25) is 14.8 Å². The van der Waals surface area contributed by atoms with Crippen molar-refractivity contribution in [3.8, 4) is 5.88 Å². The standard InChI is InChI=1S/C21H24N8O3/c30-19-15(24-21(32)26-19)9-13-11-22-29-17(23-14-3-4-14)10-16(25-18(13)29)27-5-7-28(8-6-27)20(31)12-1-2-12/h9-12,14,30H,1-8H2,(H2,24,26,32)/b13-9-,23-17?. The highest BCUT2D eigenvalue weighted by atomic mass is 16.3. The Morgan fingerprint density at radius 1 is 1.16 bits per heavy atom. The quantitative estimate of drug-likeness (QED) is 0.486. The first-order chi connectivity index (χ1) is 15.5. The van der Waals surface area contributed by atoms with Gasteiger partial charge >= 0.3 is 5.69 Å². The molecule has 32 heavy (non-hydrogen) atoms. The van der Waals surface area contributed by atoms with E-state index in [0.29, 0.717) is 43.1 Å². The number of hydrogen-bond donors (Lipinski definition) is 3. The van der Waals surface area contributed by atoms with Crippen molar-refractivity contribution in [1.29, 1.82) is 0 Å². The molecule has 0 unspecified atom stereocenters. The van der Waals surface area contributed by atoms with E-state index >= 15 is 0 Å². The van der Waals surface area contributed by atoms with Crippen LogP contribution >= 0.6 is 0 Å². The summed E-state index contributed by atoms with van der Waals surface area (Å²) in [7, 11) is 0. The lowest BCUT2D eigenvalue weighted by atomic mass is 10.2. The lowest BCUT2D eigenvalue weighted by Crippen LogP contribution is -2.49. The van der Waals surface area contributed by atoms with E-state index in [1.807, 2.05) is 11.0 Å². The van der Waals surface area contributed by atoms with Crippen LogP contribution < -0.4 is 21.3 Å². The fourth-order valence-corrected chi connectivity index (χ4v) is 4.09. The molecule has 0 spiro atoms. The molecular formula is C21H24N8O3. The van der Waals surface area contributed by atoms with Crippen LogP contribution in [0.25, 0.3) is 11.7 Å². The van der Waals surface area contributed by atoms with Crippen LogP contribution in [0.5, 0.6) is 5.88 Å². The number of aromatic nitrogens is 5. The number of carbonyl (C=O) groups is 1. The molecule has 3 aromatic rings. The topological polar surface area (TPSA) is 135 Å². The molecule has 3 aromatic heterocycles. The molecule has 3 fully saturated rings. The number of aromatic amines is 2. The molecule has 2 saturated carbocycles. The molecule has 3 aliphatic rings. The summed E-state index contributed by atoms with van der Waals surface area (Å²) in [5.74, 6) is 1.08. The number of imidazole rings is 1. The van der Waals surface area contributed by atoms with Gasteiger partial charge < -0.3 is 19.9 Å². The van der Waals surface area contributed by atoms with E-state index in [4.69, 9.17) is 9.98 Å². The minimum Gasteiger partial charge on any atom is -0.493 e. The smallest absolute Gasteiger partial charge is 0.326 e. The van der Waals surface area contributed by atoms with Gasteiger partial charge in [0.2, 0.25) is 11.8 Å². The van der Waals surface area contributed by atoms with Crippen LogP contribution in [0.2, 0.25) is 0 Å². The van der Waals surface area contributed by atoms with Gasteiger partial charge in [0, 0.05) is 43.4 Å². The maximum Gasteiger partial charge on any atom is 0.326 e. The number of amides is 1. The van der Waals surface area contributed by atoms with E-state index < -0.39 is 5.69 Å². The van der Waals surface area contributed by atoms with Crippen molar-refractivity contribution >= 4 is 23.4 Å². The first kappa shape index (κ1) is 19.1. The van der Waals surface area contributed by atoms with E-state index in [0.717, 1.165) is 37.0 Å². The second-order valence-corrected chi connectivity index (χ2v) is 8.74. The number of H-pyrrole nitrogens is 2. The van der Waals surface area contributed by atoms with Gasteiger partial charge in [-0.25, -0.2) is 9.78 Å². The van der Waals surface area contributed by atoms with Gasteiger partial charge in [-0.05, 0) is 31.8 Å². The van der Waals surface area contributed by atoms with E-state index in [1.165, 1.54) is 0 Å². The molecule has 1 saturated heterocycles. The third kappa shape index (κ3) is 3.53. The molecule has 0 bridgehead atoms. The molecule has 6 rings (SSSR count). The molecule has 3 N–H and O–H groups in total. The van der Waals surface area contributed by atoms with Gasteiger partial charge in [-0.15, -0.1) is 0 Å². The predicted molar refractivity (Wildman–Crippen MR) is 115 cm³/mol. The van der Waals surface area contributed by atoms with E-state index in [2.05, 4.69) is 20.0 Å². The summed E-state index contributed by atoms with van der Waals surface area (Å²) in [6.45, 7) is 2.80. The van der Waals surface area contributed by atoms with Crippen LogP contribution in [0.4, 0.5) is 5.82 Å². The maximum atomic E-state index is 12.4. The van der Waals surface area contributed by atoms with Crippen LogP contribution in [-0.2, 0) is 4.79 Å². The molecule has 0 radical (unpaired) electrons. The van der Waals surface area contributed by atoms with E-state index in [9.17, 15) is 14.7 Å². The SMILES string of the molecule is O=C(C1CC1)N1CCN(c2cc(=NC3CC3)n3nc/c(=C/c4[nH]c(=O)[nH]c4O)c3n2)CC1. The average Bonchev–Trinajstić information content (AvgIpc) is 3.71. The average molecular weight is 436 g/mol. The monoisotopic (exact) mass is 436 g/mol. The van der Waals surface area contributed by atoms with Gasteiger partial charge in [0.1, 0.15) is 11.5 Å². The first-order valence-corrected chi connectivity index (χ1v) is 11.0. The zero-order valence-corrected chi connectivity index (χ0v) is 17.5. The number of carbonyl (C=O) groups excluding carboxylic acids is 1. The summed E-state index contributed by atoms with van der Waals surface area (Å²) < 4.78 is 1.70. The molecule has 0 atom stereocenters. The summed E-state index contributed by atoms with van der Waals surface area (Å²) >= 11 is 0. The van der Waals surface area contributed by atoms with Crippen LogP contribution in [0.15, 0.2) is 22.1 Å². The van der Waals surface area contributed by atoms with Crippen molar-refractivity contribution in [3.63, 3.8) is 0 Å². The fraction of sp³-hybridized carbons (Fsp3) is 0.476. The second kappa shape index (κ2) is 7.21. The summed E-state index contributed by atoms with van der Waals surface area (Å²) in [5, 5.41) is 15.0. The normalized spacial score (nSPS) is 20.5. The van der Waals surface area contributed by atoms with Gasteiger partial charge in [0.25, 0.3) is 0 Å². The summed E-state index contributed by atoms with van der Waals surface area (Å²) in [4.78, 5) is 42.5. The molecule has 0 aromatic carbocycles. The second-order valence-electron chi connectivity index (χ2n) is 8.74. The predicted octanol–water partition coefficient (Wildman–Crippen LogP) is -0.879. The van der Waals surface area contributed by atoms with Gasteiger partial charge in [-0.1, -0.05) is 0 Å². The number of nitrogens with one attached hydrogen (secondary N) is 2. The Morgan fingerprint density at radius 2 is 1.94 bits per heavy atom. The van der Waals surface area contributed by atoms with Crippen LogP contribution in [0.1, 0.15) is 31.4 Å². The highest BCUT2D eigenvalue weighted by Gasteiger charge is 2.34. The number of piperazine rings is 1. The van der Waals surface area contributed by atoms with E-state index in [1.54, 1.807) is 16.8 Å². The number of fused-ring (bicyclic) bond motifs is 1. The molecule has 2 aliphatic carbocycles. The van der Waals surface area contributed by atoms with Gasteiger partial charge in [0.05, 0.1) is 12.2 Å². The molecule has 11 nitrogen and oxygen atoms in total. The maximum absolute atomic E-state index is 12.4. The van der Waals surface area contributed by atoms with Crippen LogP contribution in [0, 0.1) is 5.92 Å². The number of nitrogens with zero attached hydrogens (tertiary/aromatic N) is 6. The largest absolute Gasteiger partial charge is 0.493 e. The van der Waals surface area contributed by atoms with Crippen molar-refractivity contribution < 1.29 is 9.90 Å². The summed E-state index contributed by atoms with van der Waals surface area (Å²) in [6.07, 6.45) is 7.46. The zero-order valence-electron chi connectivity index (χ0n) is 17.5. The summed E-state index contributed by atoms with van der Waals surface area (Å²) in [5.41, 5.74) is 1.11. The zero-order chi connectivity index (χ0) is 21.8. The number of rotatable bonds is 4. The fourth-order valence-electron chi connectivity index (χ4n) is 4.09. The Kier molecular flexibility index (Phi) is 4.30. The molecule has 166 valence electrons. The van der Waals surface area contributed by atoms with Crippen molar-refractivity contribution in [2.45, 2.75) is 31.7 Å². The molecular weight excluding hydrogens is 412 g/mol. The summed E-state index contributed by atoms with van der Waals surface area (Å²) in [6, 6.07) is 2.26. The Balaban J connectivity index is 1.39. The Bertz CT molecular complexity index is 1370. The van der Waals surface area contributed by atoms with Crippen LogP contribution in [0.3, 0.4) is 0 Å². The van der Waals surface area contributed by atoms with Gasteiger partial charge in [0.15, 0.2) is 11.1 Å². The molecule has 4 heterocycles. The minimum absolute atomic E-state index is 0.232.